The number of aryl methyl sites for hydroxylation is 2. The van der Waals surface area contributed by atoms with Crippen LogP contribution in [0.2, 0.25) is 0 Å². The predicted octanol–water partition coefficient (Wildman–Crippen LogP) is 9.77. The topological polar surface area (TPSA) is 56.2 Å². The summed E-state index contributed by atoms with van der Waals surface area (Å²) in [6.07, 6.45) is 3.85. The molecule has 0 aliphatic rings. The van der Waals surface area contributed by atoms with Gasteiger partial charge in [-0.1, -0.05) is 78.9 Å². The molecule has 0 aliphatic heterocycles. The third-order valence-electron chi connectivity index (χ3n) is 8.99. The van der Waals surface area contributed by atoms with Crippen LogP contribution in [0.25, 0.3) is 50.7 Å². The highest BCUT2D eigenvalue weighted by atomic mass is 15.2. The second-order valence-corrected chi connectivity index (χ2v) is 12.0. The Morgan fingerprint density at radius 2 is 1.25 bits per heavy atom. The quantitative estimate of drug-likeness (QED) is 0.185. The zero-order valence-corrected chi connectivity index (χ0v) is 26.6. The van der Waals surface area contributed by atoms with Crippen molar-refractivity contribution in [3.8, 4) is 22.9 Å². The number of imidazole rings is 3. The summed E-state index contributed by atoms with van der Waals surface area (Å²) in [5.41, 5.74) is 11.4. The molecule has 5 aromatic carbocycles. The molecule has 48 heavy (non-hydrogen) atoms. The summed E-state index contributed by atoms with van der Waals surface area (Å²) in [5, 5.41) is 0. The van der Waals surface area contributed by atoms with Crippen molar-refractivity contribution in [2.75, 3.05) is 4.90 Å². The SMILES string of the molecule is Cc1cccc(C)c1-n1ccnc1-c1cccc(N(c2ccccc2)c2cccc3c2nc2n(-c4ccccc4)c4ccccc4n32)n1. The van der Waals surface area contributed by atoms with Crippen LogP contribution in [0, 0.1) is 13.8 Å². The van der Waals surface area contributed by atoms with Gasteiger partial charge >= 0.3 is 0 Å². The van der Waals surface area contributed by atoms with Crippen LogP contribution < -0.4 is 4.90 Å². The van der Waals surface area contributed by atoms with Crippen LogP contribution in [0.3, 0.4) is 0 Å². The molecule has 0 spiro atoms. The number of aromatic nitrogens is 6. The molecule has 0 fully saturated rings. The molecular weight excluding hydrogens is 591 g/mol. The highest BCUT2D eigenvalue weighted by Gasteiger charge is 2.23. The fourth-order valence-electron chi connectivity index (χ4n) is 6.93. The molecule has 7 heteroatoms. The summed E-state index contributed by atoms with van der Waals surface area (Å²) in [4.78, 5) is 17.7. The Labute approximate surface area is 277 Å². The summed E-state index contributed by atoms with van der Waals surface area (Å²) in [7, 11) is 0. The van der Waals surface area contributed by atoms with Gasteiger partial charge in [0.1, 0.15) is 17.0 Å². The first-order valence-corrected chi connectivity index (χ1v) is 16.1. The van der Waals surface area contributed by atoms with Gasteiger partial charge in [-0.15, -0.1) is 0 Å². The molecule has 0 unspecified atom stereocenters. The minimum Gasteiger partial charge on any atom is -0.298 e. The monoisotopic (exact) mass is 621 g/mol. The van der Waals surface area contributed by atoms with E-state index in [0.29, 0.717) is 0 Å². The normalized spacial score (nSPS) is 11.5. The first-order chi connectivity index (χ1) is 23.7. The molecule has 9 aromatic rings. The van der Waals surface area contributed by atoms with Crippen molar-refractivity contribution in [3.05, 3.63) is 163 Å². The average Bonchev–Trinajstić information content (AvgIpc) is 3.84. The van der Waals surface area contributed by atoms with Gasteiger partial charge in [0.2, 0.25) is 5.78 Å². The van der Waals surface area contributed by atoms with E-state index in [1.54, 1.807) is 0 Å². The van der Waals surface area contributed by atoms with Gasteiger partial charge in [0.25, 0.3) is 0 Å². The number of nitrogens with zero attached hydrogens (tertiary/aromatic N) is 7. The number of pyridine rings is 1. The van der Waals surface area contributed by atoms with Crippen LogP contribution in [0.5, 0.6) is 0 Å². The van der Waals surface area contributed by atoms with E-state index in [4.69, 9.17) is 15.0 Å². The van der Waals surface area contributed by atoms with E-state index < -0.39 is 0 Å². The number of hydrogen-bond donors (Lipinski definition) is 0. The summed E-state index contributed by atoms with van der Waals surface area (Å²) in [6.45, 7) is 4.26. The summed E-state index contributed by atoms with van der Waals surface area (Å²) < 4.78 is 6.63. The van der Waals surface area contributed by atoms with E-state index in [1.165, 1.54) is 11.1 Å². The van der Waals surface area contributed by atoms with Crippen molar-refractivity contribution >= 4 is 45.0 Å². The molecule has 0 radical (unpaired) electrons. The maximum atomic E-state index is 5.39. The van der Waals surface area contributed by atoms with E-state index in [-0.39, 0.29) is 0 Å². The van der Waals surface area contributed by atoms with E-state index in [1.807, 2.05) is 30.6 Å². The summed E-state index contributed by atoms with van der Waals surface area (Å²) in [6, 6.07) is 48.1. The third-order valence-corrected chi connectivity index (χ3v) is 8.99. The zero-order chi connectivity index (χ0) is 32.2. The van der Waals surface area contributed by atoms with Gasteiger partial charge < -0.3 is 0 Å². The average molecular weight is 622 g/mol. The molecule has 7 nitrogen and oxygen atoms in total. The lowest BCUT2D eigenvalue weighted by molar-refractivity contribution is 1.02. The standard InChI is InChI=1S/C41H31N7/c1-28-14-11-15-29(2)39(28)45-27-26-42-40(45)32-20-12-25-37(43-32)46(30-16-5-3-6-17-30)35-23-13-24-36-38(35)44-41-47(31-18-7-4-8-19-31)33-21-9-10-22-34(33)48(36)41/h3-27H,1-2H3. The maximum absolute atomic E-state index is 5.39. The summed E-state index contributed by atoms with van der Waals surface area (Å²) in [5.74, 6) is 2.42. The number of fused-ring (bicyclic) bond motifs is 5. The number of anilines is 3. The highest BCUT2D eigenvalue weighted by molar-refractivity contribution is 6.00. The highest BCUT2D eigenvalue weighted by Crippen LogP contribution is 2.40. The predicted molar refractivity (Wildman–Crippen MR) is 194 cm³/mol. The number of rotatable bonds is 6. The fraction of sp³-hybridized carbons (Fsp3) is 0.0488. The zero-order valence-electron chi connectivity index (χ0n) is 26.6. The third kappa shape index (κ3) is 4.32. The molecule has 0 bridgehead atoms. The van der Waals surface area contributed by atoms with Crippen molar-refractivity contribution in [1.29, 1.82) is 0 Å². The molecule has 230 valence electrons. The maximum Gasteiger partial charge on any atom is 0.220 e. The van der Waals surface area contributed by atoms with Gasteiger partial charge in [0.15, 0.2) is 5.82 Å². The second kappa shape index (κ2) is 11.1. The molecule has 4 heterocycles. The molecule has 0 saturated heterocycles. The Morgan fingerprint density at radius 3 is 2.04 bits per heavy atom. The van der Waals surface area contributed by atoms with Gasteiger partial charge in [0, 0.05) is 23.8 Å². The van der Waals surface area contributed by atoms with Crippen molar-refractivity contribution in [3.63, 3.8) is 0 Å². The Kier molecular flexibility index (Phi) is 6.43. The van der Waals surface area contributed by atoms with Crippen molar-refractivity contribution < 1.29 is 0 Å². The molecule has 4 aromatic heterocycles. The Balaban J connectivity index is 1.27. The first-order valence-electron chi connectivity index (χ1n) is 16.1. The number of benzene rings is 5. The van der Waals surface area contributed by atoms with Crippen molar-refractivity contribution in [1.82, 2.24) is 28.5 Å². The Hall–Kier alpha value is -6.47. The van der Waals surface area contributed by atoms with Gasteiger partial charge in [0.05, 0.1) is 27.9 Å². The second-order valence-electron chi connectivity index (χ2n) is 12.0. The molecule has 0 amide bonds. The lowest BCUT2D eigenvalue weighted by Crippen LogP contribution is -2.13. The molecule has 0 atom stereocenters. The number of para-hydroxylation sites is 6. The van der Waals surface area contributed by atoms with Gasteiger partial charge in [-0.25, -0.2) is 15.0 Å². The van der Waals surface area contributed by atoms with Crippen LogP contribution in [-0.4, -0.2) is 28.5 Å². The Morgan fingerprint density at radius 1 is 0.583 bits per heavy atom. The van der Waals surface area contributed by atoms with Gasteiger partial charge in [-0.05, 0) is 85.6 Å². The summed E-state index contributed by atoms with van der Waals surface area (Å²) >= 11 is 0. The van der Waals surface area contributed by atoms with Gasteiger partial charge in [-0.3, -0.25) is 18.4 Å². The fourth-order valence-corrected chi connectivity index (χ4v) is 6.93. The van der Waals surface area contributed by atoms with Gasteiger partial charge in [-0.2, -0.15) is 0 Å². The molecule has 0 saturated carbocycles. The van der Waals surface area contributed by atoms with Crippen LogP contribution in [-0.2, 0) is 0 Å². The molecular formula is C41H31N7. The lowest BCUT2D eigenvalue weighted by Gasteiger charge is -2.25. The van der Waals surface area contributed by atoms with E-state index in [0.717, 1.165) is 67.9 Å². The van der Waals surface area contributed by atoms with Crippen molar-refractivity contribution in [2.24, 2.45) is 0 Å². The minimum absolute atomic E-state index is 0.774. The van der Waals surface area contributed by atoms with Crippen molar-refractivity contribution in [2.45, 2.75) is 13.8 Å². The smallest absolute Gasteiger partial charge is 0.220 e. The minimum atomic E-state index is 0.774. The first kappa shape index (κ1) is 27.8. The van der Waals surface area contributed by atoms with Crippen LogP contribution in [0.15, 0.2) is 152 Å². The van der Waals surface area contributed by atoms with Crippen LogP contribution in [0.4, 0.5) is 17.2 Å². The Bertz CT molecular complexity index is 2570. The van der Waals surface area contributed by atoms with E-state index in [9.17, 15) is 0 Å². The molecule has 9 rings (SSSR count). The number of hydrogen-bond acceptors (Lipinski definition) is 4. The van der Waals surface area contributed by atoms with Crippen LogP contribution >= 0.6 is 0 Å². The van der Waals surface area contributed by atoms with Crippen LogP contribution in [0.1, 0.15) is 11.1 Å². The molecule has 0 N–H and O–H groups in total. The lowest BCUT2D eigenvalue weighted by atomic mass is 10.1. The van der Waals surface area contributed by atoms with E-state index >= 15 is 0 Å². The largest absolute Gasteiger partial charge is 0.298 e. The van der Waals surface area contributed by atoms with E-state index in [2.05, 4.69) is 154 Å². The molecule has 0 aliphatic carbocycles.